The van der Waals surface area contributed by atoms with E-state index in [9.17, 15) is 14.7 Å². The standard InChI is InChI=1S/C15H20N2O4/c1-10(18)12-6-7-17(9-12)15(21)16-13-4-2-11(3-5-13)8-14(19)20/h2-5,10,12,18H,6-9H2,1H3,(H,16,21)(H,19,20). The second-order valence-corrected chi connectivity index (χ2v) is 5.43. The van der Waals surface area contributed by atoms with Gasteiger partial charge in [-0.05, 0) is 31.0 Å². The zero-order valence-electron chi connectivity index (χ0n) is 12.0. The molecule has 2 unspecified atom stereocenters. The number of carbonyl (C=O) groups is 2. The van der Waals surface area contributed by atoms with Crippen LogP contribution < -0.4 is 5.32 Å². The van der Waals surface area contributed by atoms with Crippen molar-refractivity contribution in [2.45, 2.75) is 25.9 Å². The van der Waals surface area contributed by atoms with Gasteiger partial charge >= 0.3 is 12.0 Å². The molecule has 0 aromatic heterocycles. The summed E-state index contributed by atoms with van der Waals surface area (Å²) in [6.07, 6.45) is 0.372. The van der Waals surface area contributed by atoms with Gasteiger partial charge in [-0.25, -0.2) is 4.79 Å². The predicted molar refractivity (Wildman–Crippen MR) is 78.2 cm³/mol. The molecule has 0 spiro atoms. The first-order valence-electron chi connectivity index (χ1n) is 7.00. The van der Waals surface area contributed by atoms with Crippen LogP contribution in [0.4, 0.5) is 10.5 Å². The van der Waals surface area contributed by atoms with Gasteiger partial charge < -0.3 is 20.4 Å². The fourth-order valence-electron chi connectivity index (χ4n) is 2.45. The number of likely N-dealkylation sites (tertiary alicyclic amines) is 1. The van der Waals surface area contributed by atoms with Crippen LogP contribution in [0.3, 0.4) is 0 Å². The summed E-state index contributed by atoms with van der Waals surface area (Å²) in [5.74, 6) is -0.748. The Morgan fingerprint density at radius 1 is 1.38 bits per heavy atom. The second kappa shape index (κ2) is 6.58. The Morgan fingerprint density at radius 3 is 2.57 bits per heavy atom. The van der Waals surface area contributed by atoms with E-state index in [0.29, 0.717) is 24.3 Å². The lowest BCUT2D eigenvalue weighted by atomic mass is 10.0. The number of hydrogen-bond acceptors (Lipinski definition) is 3. The summed E-state index contributed by atoms with van der Waals surface area (Å²) >= 11 is 0. The summed E-state index contributed by atoms with van der Waals surface area (Å²) in [5, 5.41) is 21.0. The number of amides is 2. The van der Waals surface area contributed by atoms with E-state index in [0.717, 1.165) is 6.42 Å². The fraction of sp³-hybridized carbons (Fsp3) is 0.467. The van der Waals surface area contributed by atoms with Crippen molar-refractivity contribution in [3.63, 3.8) is 0 Å². The van der Waals surface area contributed by atoms with Crippen molar-refractivity contribution in [1.82, 2.24) is 4.90 Å². The van der Waals surface area contributed by atoms with Crippen LogP contribution in [0.2, 0.25) is 0 Å². The Bertz CT molecular complexity index is 513. The minimum Gasteiger partial charge on any atom is -0.481 e. The van der Waals surface area contributed by atoms with Crippen molar-refractivity contribution in [1.29, 1.82) is 0 Å². The van der Waals surface area contributed by atoms with Gasteiger partial charge in [-0.3, -0.25) is 4.79 Å². The number of nitrogens with zero attached hydrogens (tertiary/aromatic N) is 1. The lowest BCUT2D eigenvalue weighted by molar-refractivity contribution is -0.136. The molecular weight excluding hydrogens is 272 g/mol. The maximum Gasteiger partial charge on any atom is 0.321 e. The molecule has 1 aromatic carbocycles. The van der Waals surface area contributed by atoms with E-state index in [4.69, 9.17) is 5.11 Å². The van der Waals surface area contributed by atoms with Gasteiger partial charge in [0.25, 0.3) is 0 Å². The van der Waals surface area contributed by atoms with E-state index in [-0.39, 0.29) is 18.4 Å². The first-order chi connectivity index (χ1) is 9.95. The van der Waals surface area contributed by atoms with Crippen LogP contribution in [0.5, 0.6) is 0 Å². The summed E-state index contributed by atoms with van der Waals surface area (Å²) in [7, 11) is 0. The first kappa shape index (κ1) is 15.3. The molecule has 1 aliphatic rings. The number of anilines is 1. The Hall–Kier alpha value is -2.08. The van der Waals surface area contributed by atoms with Crippen LogP contribution in [0, 0.1) is 5.92 Å². The van der Waals surface area contributed by atoms with Crippen molar-refractivity contribution in [3.8, 4) is 0 Å². The quantitative estimate of drug-likeness (QED) is 0.785. The van der Waals surface area contributed by atoms with Gasteiger partial charge in [-0.1, -0.05) is 12.1 Å². The second-order valence-electron chi connectivity index (χ2n) is 5.43. The molecule has 0 bridgehead atoms. The molecule has 21 heavy (non-hydrogen) atoms. The number of rotatable bonds is 4. The van der Waals surface area contributed by atoms with Gasteiger partial charge in [0.15, 0.2) is 0 Å². The van der Waals surface area contributed by atoms with E-state index >= 15 is 0 Å². The highest BCUT2D eigenvalue weighted by atomic mass is 16.4. The highest BCUT2D eigenvalue weighted by Gasteiger charge is 2.28. The summed E-state index contributed by atoms with van der Waals surface area (Å²) in [6.45, 7) is 2.94. The Kier molecular flexibility index (Phi) is 4.80. The average Bonchev–Trinajstić information content (AvgIpc) is 2.90. The molecule has 2 rings (SSSR count). The summed E-state index contributed by atoms with van der Waals surface area (Å²) < 4.78 is 0. The third-order valence-corrected chi connectivity index (χ3v) is 3.75. The monoisotopic (exact) mass is 292 g/mol. The number of carbonyl (C=O) groups excluding carboxylic acids is 1. The minimum absolute atomic E-state index is 0.0313. The van der Waals surface area contributed by atoms with Crippen molar-refractivity contribution in [2.75, 3.05) is 18.4 Å². The Balaban J connectivity index is 1.89. The molecule has 1 aromatic rings. The Labute approximate surface area is 123 Å². The molecule has 3 N–H and O–H groups in total. The number of carboxylic acids is 1. The molecule has 2 atom stereocenters. The highest BCUT2D eigenvalue weighted by molar-refractivity contribution is 5.89. The van der Waals surface area contributed by atoms with E-state index in [1.807, 2.05) is 0 Å². The summed E-state index contributed by atoms with van der Waals surface area (Å²) in [5.41, 5.74) is 1.32. The van der Waals surface area contributed by atoms with Crippen molar-refractivity contribution in [3.05, 3.63) is 29.8 Å². The van der Waals surface area contributed by atoms with Gasteiger partial charge in [0.1, 0.15) is 0 Å². The fourth-order valence-corrected chi connectivity index (χ4v) is 2.45. The number of benzene rings is 1. The van der Waals surface area contributed by atoms with Crippen LogP contribution >= 0.6 is 0 Å². The van der Waals surface area contributed by atoms with E-state index in [2.05, 4.69) is 5.32 Å². The van der Waals surface area contributed by atoms with Crippen molar-refractivity contribution < 1.29 is 19.8 Å². The van der Waals surface area contributed by atoms with Crippen LogP contribution in [0.1, 0.15) is 18.9 Å². The summed E-state index contributed by atoms with van der Waals surface area (Å²) in [6, 6.07) is 6.57. The number of aliphatic hydroxyl groups excluding tert-OH is 1. The molecule has 0 aliphatic carbocycles. The molecule has 2 amide bonds. The molecule has 6 heteroatoms. The summed E-state index contributed by atoms with van der Waals surface area (Å²) in [4.78, 5) is 24.4. The van der Waals surface area contributed by atoms with E-state index < -0.39 is 12.1 Å². The van der Waals surface area contributed by atoms with Crippen molar-refractivity contribution >= 4 is 17.7 Å². The lowest BCUT2D eigenvalue weighted by Gasteiger charge is -2.18. The van der Waals surface area contributed by atoms with Gasteiger partial charge in [-0.15, -0.1) is 0 Å². The number of aliphatic carboxylic acids is 1. The van der Waals surface area contributed by atoms with Crippen LogP contribution in [0.25, 0.3) is 0 Å². The Morgan fingerprint density at radius 2 is 2.05 bits per heavy atom. The van der Waals surface area contributed by atoms with Gasteiger partial charge in [0.05, 0.1) is 12.5 Å². The highest BCUT2D eigenvalue weighted by Crippen LogP contribution is 2.20. The molecule has 6 nitrogen and oxygen atoms in total. The lowest BCUT2D eigenvalue weighted by Crippen LogP contribution is -2.34. The number of hydrogen-bond donors (Lipinski definition) is 3. The van der Waals surface area contributed by atoms with Crippen LogP contribution in [-0.2, 0) is 11.2 Å². The molecule has 0 radical (unpaired) electrons. The van der Waals surface area contributed by atoms with Gasteiger partial charge in [-0.2, -0.15) is 0 Å². The molecule has 1 saturated heterocycles. The van der Waals surface area contributed by atoms with E-state index in [1.165, 1.54) is 0 Å². The molecule has 1 aliphatic heterocycles. The first-order valence-corrected chi connectivity index (χ1v) is 7.00. The van der Waals surface area contributed by atoms with Gasteiger partial charge in [0, 0.05) is 24.7 Å². The number of aliphatic hydroxyl groups is 1. The smallest absolute Gasteiger partial charge is 0.321 e. The minimum atomic E-state index is -0.881. The molecule has 0 saturated carbocycles. The van der Waals surface area contributed by atoms with Gasteiger partial charge in [0.2, 0.25) is 0 Å². The zero-order valence-corrected chi connectivity index (χ0v) is 12.0. The third-order valence-electron chi connectivity index (χ3n) is 3.75. The largest absolute Gasteiger partial charge is 0.481 e. The SMILES string of the molecule is CC(O)C1CCN(C(=O)Nc2ccc(CC(=O)O)cc2)C1. The zero-order chi connectivity index (χ0) is 15.4. The average molecular weight is 292 g/mol. The predicted octanol–water partition coefficient (Wildman–Crippen LogP) is 1.55. The third kappa shape index (κ3) is 4.19. The van der Waals surface area contributed by atoms with Crippen LogP contribution in [0.15, 0.2) is 24.3 Å². The normalized spacial score (nSPS) is 19.3. The molecule has 1 fully saturated rings. The molecule has 1 heterocycles. The number of nitrogens with one attached hydrogen (secondary N) is 1. The number of carboxylic acid groups (broad SMARTS) is 1. The van der Waals surface area contributed by atoms with Crippen LogP contribution in [-0.4, -0.2) is 46.3 Å². The van der Waals surface area contributed by atoms with E-state index in [1.54, 1.807) is 36.1 Å². The van der Waals surface area contributed by atoms with Crippen molar-refractivity contribution in [2.24, 2.45) is 5.92 Å². The maximum atomic E-state index is 12.1. The molecule has 114 valence electrons. The number of urea groups is 1. The maximum absolute atomic E-state index is 12.1. The topological polar surface area (TPSA) is 89.9 Å². The molecular formula is C15H20N2O4.